The highest BCUT2D eigenvalue weighted by atomic mass is 16.6. The molecular weight excluding hydrogens is 402 g/mol. The molecule has 1 saturated carbocycles. The van der Waals surface area contributed by atoms with E-state index in [0.29, 0.717) is 30.6 Å². The van der Waals surface area contributed by atoms with Gasteiger partial charge in [-0.05, 0) is 69.8 Å². The van der Waals surface area contributed by atoms with E-state index < -0.39 is 11.7 Å². The van der Waals surface area contributed by atoms with Crippen molar-refractivity contribution in [1.82, 2.24) is 5.32 Å². The second kappa shape index (κ2) is 11.7. The minimum absolute atomic E-state index is 0.0138. The van der Waals surface area contributed by atoms with Gasteiger partial charge in [-0.15, -0.1) is 0 Å². The zero-order valence-electron chi connectivity index (χ0n) is 21.0. The van der Waals surface area contributed by atoms with Crippen molar-refractivity contribution in [1.29, 1.82) is 0 Å². The fraction of sp³-hybridized carbons (Fsp3) is 0.704. The Balaban J connectivity index is 2.04. The van der Waals surface area contributed by atoms with Crippen LogP contribution in [-0.4, -0.2) is 29.8 Å². The molecule has 0 heterocycles. The van der Waals surface area contributed by atoms with Crippen molar-refractivity contribution in [2.24, 2.45) is 23.7 Å². The number of hydrogen-bond donors (Lipinski definition) is 1. The number of carbonyl (C=O) groups is 2. The molecular formula is C27H43NO4. The lowest BCUT2D eigenvalue weighted by Gasteiger charge is -2.37. The first-order chi connectivity index (χ1) is 14.9. The summed E-state index contributed by atoms with van der Waals surface area (Å²) in [4.78, 5) is 25.5. The number of benzene rings is 1. The second-order valence-corrected chi connectivity index (χ2v) is 11.0. The van der Waals surface area contributed by atoms with Crippen molar-refractivity contribution in [3.63, 3.8) is 0 Å². The van der Waals surface area contributed by atoms with Gasteiger partial charge in [0.1, 0.15) is 11.7 Å². The summed E-state index contributed by atoms with van der Waals surface area (Å²) in [6.07, 6.45) is 3.91. The van der Waals surface area contributed by atoms with Gasteiger partial charge < -0.3 is 14.8 Å². The summed E-state index contributed by atoms with van der Waals surface area (Å²) in [5.41, 5.74) is 0.533. The highest BCUT2D eigenvalue weighted by Crippen LogP contribution is 2.35. The Bertz CT molecular complexity index is 725. The van der Waals surface area contributed by atoms with Crippen LogP contribution in [0.4, 0.5) is 4.79 Å². The molecule has 0 bridgehead atoms. The maximum Gasteiger partial charge on any atom is 0.407 e. The molecule has 0 spiro atoms. The van der Waals surface area contributed by atoms with Crippen LogP contribution in [0.2, 0.25) is 0 Å². The first-order valence-electron chi connectivity index (χ1n) is 12.2. The van der Waals surface area contributed by atoms with E-state index in [1.54, 1.807) is 0 Å². The lowest BCUT2D eigenvalue weighted by atomic mass is 9.75. The normalized spacial score (nSPS) is 23.3. The minimum atomic E-state index is -0.574. The fourth-order valence-corrected chi connectivity index (χ4v) is 4.60. The van der Waals surface area contributed by atoms with Crippen LogP contribution < -0.4 is 5.32 Å². The zero-order chi connectivity index (χ0) is 23.9. The summed E-state index contributed by atoms with van der Waals surface area (Å²) < 4.78 is 11.5. The molecule has 0 unspecified atom stereocenters. The molecule has 0 saturated heterocycles. The van der Waals surface area contributed by atoms with E-state index in [1.165, 1.54) is 6.42 Å². The maximum absolute atomic E-state index is 13.0. The number of esters is 1. The van der Waals surface area contributed by atoms with Crippen molar-refractivity contribution in [2.75, 3.05) is 0 Å². The average Bonchev–Trinajstić information content (AvgIpc) is 2.66. The Morgan fingerprint density at radius 3 is 2.34 bits per heavy atom. The van der Waals surface area contributed by atoms with Gasteiger partial charge in [0.2, 0.25) is 0 Å². The summed E-state index contributed by atoms with van der Waals surface area (Å²) in [5.74, 6) is 1.01. The van der Waals surface area contributed by atoms with Crippen LogP contribution in [0.3, 0.4) is 0 Å². The Morgan fingerprint density at radius 1 is 1.09 bits per heavy atom. The lowest BCUT2D eigenvalue weighted by molar-refractivity contribution is -0.160. The molecule has 0 aromatic heterocycles. The molecule has 1 amide bonds. The monoisotopic (exact) mass is 445 g/mol. The number of rotatable bonds is 8. The van der Waals surface area contributed by atoms with Crippen LogP contribution in [0.5, 0.6) is 0 Å². The number of carbonyl (C=O) groups excluding carboxylic acids is 2. The lowest BCUT2D eigenvalue weighted by Crippen LogP contribution is -2.42. The number of alkyl carbamates (subject to hydrolysis) is 1. The van der Waals surface area contributed by atoms with Crippen LogP contribution in [0, 0.1) is 23.7 Å². The Hall–Kier alpha value is -2.04. The maximum atomic E-state index is 13.0. The quantitative estimate of drug-likeness (QED) is 0.487. The van der Waals surface area contributed by atoms with Crippen molar-refractivity contribution >= 4 is 12.1 Å². The third-order valence-electron chi connectivity index (χ3n) is 6.32. The van der Waals surface area contributed by atoms with Crippen molar-refractivity contribution in [3.8, 4) is 0 Å². The molecule has 1 aliphatic rings. The summed E-state index contributed by atoms with van der Waals surface area (Å²) in [5, 5.41) is 2.98. The summed E-state index contributed by atoms with van der Waals surface area (Å²) in [7, 11) is 0. The average molecular weight is 446 g/mol. The predicted molar refractivity (Wildman–Crippen MR) is 128 cm³/mol. The van der Waals surface area contributed by atoms with Gasteiger partial charge in [-0.2, -0.15) is 0 Å². The highest BCUT2D eigenvalue weighted by molar-refractivity contribution is 5.72. The van der Waals surface area contributed by atoms with Gasteiger partial charge in [0.25, 0.3) is 0 Å². The number of amides is 1. The SMILES string of the molecule is CC(C)[C@@H]1CC[C@@H](C)C[C@H]1OC(=O)[C@H](C)C[C@H](Cc1ccccc1)NC(=O)OC(C)(C)C. The molecule has 1 fully saturated rings. The first-order valence-corrected chi connectivity index (χ1v) is 12.2. The van der Waals surface area contributed by atoms with Crippen LogP contribution >= 0.6 is 0 Å². The number of hydrogen-bond acceptors (Lipinski definition) is 4. The zero-order valence-corrected chi connectivity index (χ0v) is 21.0. The molecule has 5 atom stereocenters. The molecule has 5 heteroatoms. The Labute approximate surface area is 194 Å². The van der Waals surface area contributed by atoms with E-state index in [0.717, 1.165) is 18.4 Å². The Kier molecular flexibility index (Phi) is 9.60. The van der Waals surface area contributed by atoms with Gasteiger partial charge in [0.05, 0.1) is 5.92 Å². The summed E-state index contributed by atoms with van der Waals surface area (Å²) >= 11 is 0. The second-order valence-electron chi connectivity index (χ2n) is 11.0. The van der Waals surface area contributed by atoms with Crippen LogP contribution in [0.15, 0.2) is 30.3 Å². The summed E-state index contributed by atoms with van der Waals surface area (Å²) in [6, 6.07) is 9.77. The number of ether oxygens (including phenoxy) is 2. The van der Waals surface area contributed by atoms with E-state index in [1.807, 2.05) is 58.0 Å². The standard InChI is InChI=1S/C27H43NO4/c1-18(2)23-14-13-19(3)15-24(23)31-25(29)20(4)16-22(17-21-11-9-8-10-12-21)28-26(30)32-27(5,6)7/h8-12,18-20,22-24H,13-17H2,1-7H3,(H,28,30)/t19-,20-,22-,23+,24-/m1/s1. The van der Waals surface area contributed by atoms with E-state index in [2.05, 4.69) is 26.1 Å². The molecule has 1 aliphatic carbocycles. The van der Waals surface area contributed by atoms with Crippen LogP contribution in [0.25, 0.3) is 0 Å². The van der Waals surface area contributed by atoms with E-state index in [4.69, 9.17) is 9.47 Å². The topological polar surface area (TPSA) is 64.6 Å². The van der Waals surface area contributed by atoms with Gasteiger partial charge in [-0.3, -0.25) is 4.79 Å². The molecule has 0 aliphatic heterocycles. The van der Waals surface area contributed by atoms with E-state index >= 15 is 0 Å². The van der Waals surface area contributed by atoms with Crippen molar-refractivity contribution < 1.29 is 19.1 Å². The minimum Gasteiger partial charge on any atom is -0.462 e. The first kappa shape index (κ1) is 26.2. The fourth-order valence-electron chi connectivity index (χ4n) is 4.60. The molecule has 180 valence electrons. The van der Waals surface area contributed by atoms with Gasteiger partial charge in [0, 0.05) is 6.04 Å². The molecule has 2 rings (SSSR count). The molecule has 1 aromatic carbocycles. The summed E-state index contributed by atoms with van der Waals surface area (Å²) in [6.45, 7) is 14.1. The molecule has 5 nitrogen and oxygen atoms in total. The van der Waals surface area contributed by atoms with Gasteiger partial charge >= 0.3 is 12.1 Å². The molecule has 32 heavy (non-hydrogen) atoms. The van der Waals surface area contributed by atoms with Gasteiger partial charge in [0.15, 0.2) is 0 Å². The van der Waals surface area contributed by atoms with E-state index in [-0.39, 0.29) is 24.0 Å². The van der Waals surface area contributed by atoms with Crippen LogP contribution in [-0.2, 0) is 20.7 Å². The van der Waals surface area contributed by atoms with Crippen LogP contribution in [0.1, 0.15) is 79.7 Å². The highest BCUT2D eigenvalue weighted by Gasteiger charge is 2.34. The third kappa shape index (κ3) is 8.84. The van der Waals surface area contributed by atoms with Gasteiger partial charge in [-0.25, -0.2) is 4.79 Å². The molecule has 1 aromatic rings. The van der Waals surface area contributed by atoms with Gasteiger partial charge in [-0.1, -0.05) is 64.4 Å². The smallest absolute Gasteiger partial charge is 0.407 e. The van der Waals surface area contributed by atoms with E-state index in [9.17, 15) is 9.59 Å². The Morgan fingerprint density at radius 2 is 1.75 bits per heavy atom. The largest absolute Gasteiger partial charge is 0.462 e. The molecule has 1 N–H and O–H groups in total. The van der Waals surface area contributed by atoms with Crippen molar-refractivity contribution in [2.45, 2.75) is 98.3 Å². The predicted octanol–water partition coefficient (Wildman–Crippen LogP) is 6.15. The number of nitrogens with one attached hydrogen (secondary N) is 1. The molecule has 0 radical (unpaired) electrons. The third-order valence-corrected chi connectivity index (χ3v) is 6.32. The van der Waals surface area contributed by atoms with Crippen molar-refractivity contribution in [3.05, 3.63) is 35.9 Å².